The Bertz CT molecular complexity index is 627. The summed E-state index contributed by atoms with van der Waals surface area (Å²) in [4.78, 5) is 9.17. The highest BCUT2D eigenvalue weighted by atomic mass is 16.5. The number of aromatic nitrogens is 2. The summed E-state index contributed by atoms with van der Waals surface area (Å²) in [5, 5.41) is 3.08. The van der Waals surface area contributed by atoms with Gasteiger partial charge in [-0.25, -0.2) is 9.97 Å². The molecular formula is C16H21N3O2. The molecule has 1 N–H and O–H groups in total. The van der Waals surface area contributed by atoms with E-state index in [-0.39, 0.29) is 0 Å². The molecule has 5 heteroatoms. The molecule has 21 heavy (non-hydrogen) atoms. The van der Waals surface area contributed by atoms with Gasteiger partial charge in [0.15, 0.2) is 5.82 Å². The highest BCUT2D eigenvalue weighted by molar-refractivity contribution is 5.67. The molecule has 0 radical (unpaired) electrons. The molecule has 1 heterocycles. The Labute approximate surface area is 125 Å². The number of anilines is 1. The minimum absolute atomic E-state index is 0.322. The van der Waals surface area contributed by atoms with Crippen molar-refractivity contribution in [3.8, 4) is 22.9 Å². The molecule has 1 aromatic heterocycles. The van der Waals surface area contributed by atoms with Crippen LogP contribution in [-0.2, 0) is 0 Å². The minimum atomic E-state index is 0.322. The molecule has 2 rings (SSSR count). The first-order valence-corrected chi connectivity index (χ1v) is 6.88. The fourth-order valence-electron chi connectivity index (χ4n) is 1.99. The lowest BCUT2D eigenvalue weighted by molar-refractivity contribution is 0.395. The largest absolute Gasteiger partial charge is 0.497 e. The molecule has 5 nitrogen and oxygen atoms in total. The van der Waals surface area contributed by atoms with Crippen molar-refractivity contribution in [1.29, 1.82) is 0 Å². The van der Waals surface area contributed by atoms with E-state index < -0.39 is 0 Å². The van der Waals surface area contributed by atoms with Crippen LogP contribution in [0, 0.1) is 0 Å². The van der Waals surface area contributed by atoms with Gasteiger partial charge in [0.1, 0.15) is 17.3 Å². The maximum atomic E-state index is 5.44. The van der Waals surface area contributed by atoms with Crippen molar-refractivity contribution in [2.24, 2.45) is 0 Å². The normalized spacial score (nSPS) is 10.6. The minimum Gasteiger partial charge on any atom is -0.497 e. The second-order valence-corrected chi connectivity index (χ2v) is 4.97. The predicted molar refractivity (Wildman–Crippen MR) is 84.2 cm³/mol. The molecule has 2 aromatic rings. The topological polar surface area (TPSA) is 56.3 Å². The van der Waals surface area contributed by atoms with Crippen molar-refractivity contribution >= 4 is 5.82 Å². The van der Waals surface area contributed by atoms with Crippen molar-refractivity contribution in [1.82, 2.24) is 9.97 Å². The van der Waals surface area contributed by atoms with Crippen LogP contribution in [-0.4, -0.2) is 31.2 Å². The van der Waals surface area contributed by atoms with Crippen LogP contribution < -0.4 is 14.8 Å². The van der Waals surface area contributed by atoms with E-state index in [1.165, 1.54) is 0 Å². The SMILES string of the molecule is CNc1cc(C(C)C)nc(-c2ccc(OC)cc2OC)n1. The fraction of sp³-hybridized carbons (Fsp3) is 0.375. The van der Waals surface area contributed by atoms with Gasteiger partial charge in [0, 0.05) is 24.9 Å². The molecule has 0 amide bonds. The zero-order valence-electron chi connectivity index (χ0n) is 13.1. The van der Waals surface area contributed by atoms with Gasteiger partial charge in [0.2, 0.25) is 0 Å². The molecule has 0 unspecified atom stereocenters. The number of hydrogen-bond donors (Lipinski definition) is 1. The Balaban J connectivity index is 2.57. The van der Waals surface area contributed by atoms with Crippen LogP contribution in [0.5, 0.6) is 11.5 Å². The summed E-state index contributed by atoms with van der Waals surface area (Å²) < 4.78 is 10.7. The van der Waals surface area contributed by atoms with Gasteiger partial charge >= 0.3 is 0 Å². The van der Waals surface area contributed by atoms with Gasteiger partial charge in [-0.15, -0.1) is 0 Å². The van der Waals surface area contributed by atoms with Crippen molar-refractivity contribution in [3.63, 3.8) is 0 Å². The summed E-state index contributed by atoms with van der Waals surface area (Å²) in [5.74, 6) is 3.19. The van der Waals surface area contributed by atoms with Crippen LogP contribution in [0.25, 0.3) is 11.4 Å². The molecule has 0 spiro atoms. The maximum absolute atomic E-state index is 5.44. The number of rotatable bonds is 5. The Morgan fingerprint density at radius 3 is 2.38 bits per heavy atom. The first-order valence-electron chi connectivity index (χ1n) is 6.88. The third-order valence-electron chi connectivity index (χ3n) is 3.24. The summed E-state index contributed by atoms with van der Waals surface area (Å²) in [6.07, 6.45) is 0. The fourth-order valence-corrected chi connectivity index (χ4v) is 1.99. The number of hydrogen-bond acceptors (Lipinski definition) is 5. The highest BCUT2D eigenvalue weighted by Crippen LogP contribution is 2.32. The van der Waals surface area contributed by atoms with E-state index in [1.54, 1.807) is 14.2 Å². The van der Waals surface area contributed by atoms with Gasteiger partial charge in [0.25, 0.3) is 0 Å². The lowest BCUT2D eigenvalue weighted by Crippen LogP contribution is -2.03. The van der Waals surface area contributed by atoms with Crippen molar-refractivity contribution < 1.29 is 9.47 Å². The van der Waals surface area contributed by atoms with Gasteiger partial charge in [-0.3, -0.25) is 0 Å². The van der Waals surface area contributed by atoms with Gasteiger partial charge < -0.3 is 14.8 Å². The smallest absolute Gasteiger partial charge is 0.165 e. The molecule has 0 atom stereocenters. The van der Waals surface area contributed by atoms with Gasteiger partial charge in [0.05, 0.1) is 19.8 Å². The van der Waals surface area contributed by atoms with E-state index in [9.17, 15) is 0 Å². The lowest BCUT2D eigenvalue weighted by atomic mass is 10.1. The molecular weight excluding hydrogens is 266 g/mol. The van der Waals surface area contributed by atoms with Gasteiger partial charge in [-0.1, -0.05) is 13.8 Å². The lowest BCUT2D eigenvalue weighted by Gasteiger charge is -2.13. The number of nitrogens with zero attached hydrogens (tertiary/aromatic N) is 2. The monoisotopic (exact) mass is 287 g/mol. The van der Waals surface area contributed by atoms with Crippen LogP contribution in [0.4, 0.5) is 5.82 Å². The summed E-state index contributed by atoms with van der Waals surface area (Å²) in [5.41, 5.74) is 1.83. The van der Waals surface area contributed by atoms with Gasteiger partial charge in [-0.2, -0.15) is 0 Å². The third kappa shape index (κ3) is 3.24. The Hall–Kier alpha value is -2.30. The number of methoxy groups -OCH3 is 2. The molecule has 1 aromatic carbocycles. The summed E-state index contributed by atoms with van der Waals surface area (Å²) in [7, 11) is 5.11. The number of ether oxygens (including phenoxy) is 2. The van der Waals surface area contributed by atoms with Gasteiger partial charge in [-0.05, 0) is 18.1 Å². The standard InChI is InChI=1S/C16H21N3O2/c1-10(2)13-9-15(17-3)19-16(18-13)12-7-6-11(20-4)8-14(12)21-5/h6-10H,1-5H3,(H,17,18,19). The zero-order valence-corrected chi connectivity index (χ0v) is 13.1. The summed E-state index contributed by atoms with van der Waals surface area (Å²) >= 11 is 0. The van der Waals surface area contributed by atoms with E-state index in [4.69, 9.17) is 9.47 Å². The van der Waals surface area contributed by atoms with Crippen molar-refractivity contribution in [3.05, 3.63) is 30.0 Å². The summed E-state index contributed by atoms with van der Waals surface area (Å²) in [6.45, 7) is 4.22. The molecule has 112 valence electrons. The molecule has 0 aliphatic heterocycles. The van der Waals surface area contributed by atoms with E-state index in [1.807, 2.05) is 31.3 Å². The molecule has 0 saturated carbocycles. The molecule has 0 bridgehead atoms. The van der Waals surface area contributed by atoms with E-state index in [0.717, 1.165) is 22.8 Å². The molecule has 0 aliphatic rings. The average Bonchev–Trinajstić information content (AvgIpc) is 2.53. The quantitative estimate of drug-likeness (QED) is 0.914. The van der Waals surface area contributed by atoms with E-state index >= 15 is 0 Å². The predicted octanol–water partition coefficient (Wildman–Crippen LogP) is 3.33. The van der Waals surface area contributed by atoms with Crippen LogP contribution in [0.2, 0.25) is 0 Å². The van der Waals surface area contributed by atoms with E-state index in [0.29, 0.717) is 17.5 Å². The van der Waals surface area contributed by atoms with Crippen LogP contribution in [0.15, 0.2) is 24.3 Å². The number of benzene rings is 1. The average molecular weight is 287 g/mol. The first-order chi connectivity index (χ1) is 10.1. The molecule has 0 aliphatic carbocycles. The summed E-state index contributed by atoms with van der Waals surface area (Å²) in [6, 6.07) is 7.59. The Morgan fingerprint density at radius 1 is 1.05 bits per heavy atom. The van der Waals surface area contributed by atoms with Crippen molar-refractivity contribution in [2.75, 3.05) is 26.6 Å². The zero-order chi connectivity index (χ0) is 15.4. The molecule has 0 fully saturated rings. The number of nitrogens with one attached hydrogen (secondary N) is 1. The van der Waals surface area contributed by atoms with Crippen LogP contribution >= 0.6 is 0 Å². The molecule has 0 saturated heterocycles. The Kier molecular flexibility index (Phi) is 4.62. The van der Waals surface area contributed by atoms with E-state index in [2.05, 4.69) is 29.1 Å². The van der Waals surface area contributed by atoms with Crippen LogP contribution in [0.3, 0.4) is 0 Å². The second kappa shape index (κ2) is 6.43. The van der Waals surface area contributed by atoms with Crippen molar-refractivity contribution in [2.45, 2.75) is 19.8 Å². The first kappa shape index (κ1) is 15.1. The Morgan fingerprint density at radius 2 is 1.81 bits per heavy atom. The second-order valence-electron chi connectivity index (χ2n) is 4.97. The maximum Gasteiger partial charge on any atom is 0.165 e. The highest BCUT2D eigenvalue weighted by Gasteiger charge is 2.13. The third-order valence-corrected chi connectivity index (χ3v) is 3.24. The van der Waals surface area contributed by atoms with Crippen LogP contribution in [0.1, 0.15) is 25.5 Å².